The predicted octanol–water partition coefficient (Wildman–Crippen LogP) is 7.58. The molecule has 5 aromatic rings. The van der Waals surface area contributed by atoms with Gasteiger partial charge in [-0.05, 0) is 50.2 Å². The monoisotopic (exact) mass is 413 g/mol. The molecule has 0 saturated heterocycles. The van der Waals surface area contributed by atoms with Gasteiger partial charge in [0.25, 0.3) is 5.69 Å². The Kier molecular flexibility index (Phi) is 4.15. The number of para-hydroxylation sites is 1. The largest absolute Gasteiger partial charge is 0.277 e. The van der Waals surface area contributed by atoms with Crippen LogP contribution in [0.4, 0.5) is 5.69 Å². The Balaban J connectivity index is 1.73. The van der Waals surface area contributed by atoms with E-state index in [9.17, 15) is 10.1 Å². The van der Waals surface area contributed by atoms with Crippen LogP contribution < -0.4 is 0 Å². The minimum absolute atomic E-state index is 0.0787. The molecule has 3 nitrogen and oxygen atoms in total. The van der Waals surface area contributed by atoms with Crippen molar-refractivity contribution in [2.45, 2.75) is 5.92 Å². The van der Waals surface area contributed by atoms with Gasteiger partial charge in [-0.15, -0.1) is 0 Å². The van der Waals surface area contributed by atoms with Crippen LogP contribution in [0.5, 0.6) is 0 Å². The third-order valence-electron chi connectivity index (χ3n) is 6.46. The van der Waals surface area contributed by atoms with Crippen LogP contribution in [0.1, 0.15) is 22.6 Å². The summed E-state index contributed by atoms with van der Waals surface area (Å²) >= 11 is 0. The van der Waals surface area contributed by atoms with E-state index in [2.05, 4.69) is 66.7 Å². The summed E-state index contributed by atoms with van der Waals surface area (Å²) in [5.41, 5.74) is 7.63. The normalized spacial score (nSPS) is 14.2. The molecule has 0 fully saturated rings. The van der Waals surface area contributed by atoms with Gasteiger partial charge in [0.2, 0.25) is 0 Å². The fourth-order valence-corrected chi connectivity index (χ4v) is 5.17. The molecular weight excluding hydrogens is 394 g/mol. The Morgan fingerprint density at radius 2 is 1.34 bits per heavy atom. The lowest BCUT2D eigenvalue weighted by molar-refractivity contribution is -0.384. The van der Waals surface area contributed by atoms with E-state index in [0.29, 0.717) is 5.56 Å². The highest BCUT2D eigenvalue weighted by Crippen LogP contribution is 2.54. The van der Waals surface area contributed by atoms with Crippen molar-refractivity contribution in [3.05, 3.63) is 136 Å². The fraction of sp³-hybridized carbons (Fsp3) is 0.0345. The Morgan fingerprint density at radius 1 is 0.625 bits per heavy atom. The minimum atomic E-state index is -0.292. The van der Waals surface area contributed by atoms with Crippen LogP contribution in [0.2, 0.25) is 0 Å². The zero-order chi connectivity index (χ0) is 21.7. The third-order valence-corrected chi connectivity index (χ3v) is 6.46. The summed E-state index contributed by atoms with van der Waals surface area (Å²) in [7, 11) is 0. The topological polar surface area (TPSA) is 43.1 Å². The van der Waals surface area contributed by atoms with Gasteiger partial charge < -0.3 is 0 Å². The van der Waals surface area contributed by atoms with Crippen molar-refractivity contribution in [1.29, 1.82) is 0 Å². The Labute approximate surface area is 185 Å². The molecule has 0 amide bonds. The van der Waals surface area contributed by atoms with Crippen molar-refractivity contribution in [2.75, 3.05) is 0 Å². The molecule has 0 saturated carbocycles. The summed E-state index contributed by atoms with van der Waals surface area (Å²) in [6.07, 6.45) is 0. The molecule has 0 N–H and O–H groups in total. The van der Waals surface area contributed by atoms with Crippen LogP contribution in [0.3, 0.4) is 0 Å². The molecule has 1 atom stereocenters. The van der Waals surface area contributed by atoms with E-state index in [-0.39, 0.29) is 16.5 Å². The van der Waals surface area contributed by atoms with Crippen LogP contribution in [-0.2, 0) is 0 Å². The molecule has 0 radical (unpaired) electrons. The Hall–Kier alpha value is -4.24. The van der Waals surface area contributed by atoms with Gasteiger partial charge in [0.1, 0.15) is 0 Å². The molecule has 1 aliphatic carbocycles. The summed E-state index contributed by atoms with van der Waals surface area (Å²) in [6.45, 7) is 0. The number of fused-ring (bicyclic) bond motifs is 5. The van der Waals surface area contributed by atoms with Crippen LogP contribution in [0, 0.1) is 10.1 Å². The first-order valence-corrected chi connectivity index (χ1v) is 10.7. The lowest BCUT2D eigenvalue weighted by atomic mass is 9.86. The highest BCUT2D eigenvalue weighted by atomic mass is 16.6. The second-order valence-corrected chi connectivity index (χ2v) is 8.14. The van der Waals surface area contributed by atoms with Gasteiger partial charge in [0.15, 0.2) is 0 Å². The van der Waals surface area contributed by atoms with Crippen molar-refractivity contribution in [2.24, 2.45) is 0 Å². The number of nitro benzene ring substituents is 1. The number of nitro groups is 1. The maximum atomic E-state index is 11.8. The number of rotatable bonds is 3. The van der Waals surface area contributed by atoms with Crippen molar-refractivity contribution in [3.63, 3.8) is 0 Å². The Bertz CT molecular complexity index is 1500. The molecule has 1 aliphatic rings. The first kappa shape index (κ1) is 18.5. The second-order valence-electron chi connectivity index (χ2n) is 8.14. The van der Waals surface area contributed by atoms with Crippen LogP contribution in [0.25, 0.3) is 33.0 Å². The van der Waals surface area contributed by atoms with E-state index < -0.39 is 0 Å². The van der Waals surface area contributed by atoms with Crippen LogP contribution in [-0.4, -0.2) is 4.92 Å². The third kappa shape index (κ3) is 2.68. The minimum Gasteiger partial charge on any atom is -0.258 e. The van der Waals surface area contributed by atoms with E-state index in [1.807, 2.05) is 30.3 Å². The van der Waals surface area contributed by atoms with Crippen molar-refractivity contribution in [3.8, 4) is 22.3 Å². The molecule has 152 valence electrons. The quantitative estimate of drug-likeness (QED) is 0.222. The number of hydrogen-bond donors (Lipinski definition) is 0. The second kappa shape index (κ2) is 7.17. The average molecular weight is 413 g/mol. The van der Waals surface area contributed by atoms with E-state index in [4.69, 9.17) is 0 Å². The van der Waals surface area contributed by atoms with Crippen molar-refractivity contribution in [1.82, 2.24) is 0 Å². The van der Waals surface area contributed by atoms with Gasteiger partial charge in [0, 0.05) is 12.0 Å². The first-order valence-electron chi connectivity index (χ1n) is 10.7. The van der Waals surface area contributed by atoms with Gasteiger partial charge in [-0.1, -0.05) is 97.1 Å². The van der Waals surface area contributed by atoms with E-state index in [1.165, 1.54) is 27.5 Å². The fourth-order valence-electron chi connectivity index (χ4n) is 5.17. The molecule has 3 heteroatoms. The zero-order valence-electron chi connectivity index (χ0n) is 17.2. The van der Waals surface area contributed by atoms with Gasteiger partial charge >= 0.3 is 0 Å². The molecule has 0 heterocycles. The molecule has 5 aromatic carbocycles. The van der Waals surface area contributed by atoms with Crippen LogP contribution >= 0.6 is 0 Å². The molecule has 32 heavy (non-hydrogen) atoms. The lowest BCUT2D eigenvalue weighted by Crippen LogP contribution is -2.00. The van der Waals surface area contributed by atoms with E-state index in [1.54, 1.807) is 12.1 Å². The zero-order valence-corrected chi connectivity index (χ0v) is 17.2. The summed E-state index contributed by atoms with van der Waals surface area (Å²) in [5, 5.41) is 14.2. The number of nitrogens with zero attached hydrogens (tertiary/aromatic N) is 1. The molecule has 0 spiro atoms. The average Bonchev–Trinajstić information content (AvgIpc) is 3.19. The first-order chi connectivity index (χ1) is 15.7. The summed E-state index contributed by atoms with van der Waals surface area (Å²) in [4.78, 5) is 11.5. The molecular formula is C29H19NO2. The highest BCUT2D eigenvalue weighted by Gasteiger charge is 2.34. The lowest BCUT2D eigenvalue weighted by Gasteiger charge is -2.16. The molecule has 0 bridgehead atoms. The van der Waals surface area contributed by atoms with Crippen molar-refractivity contribution < 1.29 is 4.92 Å². The smallest absolute Gasteiger partial charge is 0.258 e. The predicted molar refractivity (Wildman–Crippen MR) is 129 cm³/mol. The van der Waals surface area contributed by atoms with Gasteiger partial charge in [-0.25, -0.2) is 0 Å². The summed E-state index contributed by atoms with van der Waals surface area (Å²) in [5.74, 6) is 0.0787. The molecule has 6 rings (SSSR count). The van der Waals surface area contributed by atoms with E-state index in [0.717, 1.165) is 16.7 Å². The molecule has 0 aliphatic heterocycles. The number of benzene rings is 5. The summed E-state index contributed by atoms with van der Waals surface area (Å²) in [6, 6.07) is 36.5. The maximum absolute atomic E-state index is 11.8. The van der Waals surface area contributed by atoms with Gasteiger partial charge in [0.05, 0.1) is 10.5 Å². The molecule has 0 aromatic heterocycles. The SMILES string of the molecule is O=[N+]([O-])c1ccccc1-c1cccc2c1-c1ccc3ccccc3c1C2c1ccccc1. The van der Waals surface area contributed by atoms with Crippen LogP contribution in [0.15, 0.2) is 109 Å². The van der Waals surface area contributed by atoms with Gasteiger partial charge in [-0.3, -0.25) is 10.1 Å². The number of hydrogen-bond acceptors (Lipinski definition) is 2. The van der Waals surface area contributed by atoms with E-state index >= 15 is 0 Å². The Morgan fingerprint density at radius 3 is 2.19 bits per heavy atom. The molecule has 1 unspecified atom stereocenters. The maximum Gasteiger partial charge on any atom is 0.277 e. The highest BCUT2D eigenvalue weighted by molar-refractivity contribution is 6.02. The summed E-state index contributed by atoms with van der Waals surface area (Å²) < 4.78 is 0. The van der Waals surface area contributed by atoms with Gasteiger partial charge in [-0.2, -0.15) is 0 Å². The van der Waals surface area contributed by atoms with Crippen molar-refractivity contribution >= 4 is 16.5 Å². The standard InChI is InChI=1S/C29H19NO2/c31-30(32)26-16-7-6-13-22(26)23-14-8-15-24-27(20-10-2-1-3-11-20)29-21-12-5-4-9-19(21)17-18-25(29)28(23)24/h1-18,27H.